The molecule has 0 saturated carbocycles. The van der Waals surface area contributed by atoms with Crippen molar-refractivity contribution in [2.45, 2.75) is 37.7 Å². The molecule has 100 valence electrons. The second-order valence-electron chi connectivity index (χ2n) is 3.80. The molecule has 0 bridgehead atoms. The lowest BCUT2D eigenvalue weighted by Crippen LogP contribution is -2.29. The van der Waals surface area contributed by atoms with Gasteiger partial charge in [0.15, 0.2) is 6.10 Å². The van der Waals surface area contributed by atoms with Crippen LogP contribution in [0.2, 0.25) is 0 Å². The molecule has 1 unspecified atom stereocenters. The molecule has 0 fully saturated rings. The van der Waals surface area contributed by atoms with Gasteiger partial charge in [-0.05, 0) is 31.7 Å². The fourth-order valence-electron chi connectivity index (χ4n) is 1.59. The Morgan fingerprint density at radius 3 is 2.67 bits per heavy atom. The monoisotopic (exact) mass is 268 g/mol. The van der Waals surface area contributed by atoms with Gasteiger partial charge in [-0.1, -0.05) is 25.5 Å². The molecule has 0 N–H and O–H groups in total. The fraction of sp³-hybridized carbons (Fsp3) is 0.500. The molecule has 0 heterocycles. The first-order valence-electron chi connectivity index (χ1n) is 6.19. The Hall–Kier alpha value is -1.16. The molecule has 1 aromatic rings. The molecule has 1 atom stereocenters. The van der Waals surface area contributed by atoms with Crippen LogP contribution in [-0.4, -0.2) is 24.9 Å². The largest absolute Gasteiger partial charge is 0.478 e. The second-order valence-corrected chi connectivity index (χ2v) is 4.65. The molecule has 4 heteroatoms. The van der Waals surface area contributed by atoms with Crippen molar-refractivity contribution in [2.75, 3.05) is 12.9 Å². The minimum atomic E-state index is -0.511. The van der Waals surface area contributed by atoms with Crippen LogP contribution in [0, 0.1) is 0 Å². The standard InChI is InChI=1S/C14H20O3S/c1-4-8-12(14(15)16-5-2)17-11-9-6-7-10-13(11)18-3/h6-7,9-10,12H,4-5,8H2,1-3H3. The molecule has 18 heavy (non-hydrogen) atoms. The summed E-state index contributed by atoms with van der Waals surface area (Å²) in [7, 11) is 0. The Kier molecular flexibility index (Phi) is 6.65. The summed E-state index contributed by atoms with van der Waals surface area (Å²) in [6.07, 6.45) is 3.02. The Labute approximate surface area is 113 Å². The van der Waals surface area contributed by atoms with Crippen LogP contribution in [0.3, 0.4) is 0 Å². The van der Waals surface area contributed by atoms with Crippen molar-refractivity contribution >= 4 is 17.7 Å². The number of hydrogen-bond donors (Lipinski definition) is 0. The molecule has 0 radical (unpaired) electrons. The van der Waals surface area contributed by atoms with Crippen molar-refractivity contribution in [3.05, 3.63) is 24.3 Å². The molecule has 1 aromatic carbocycles. The topological polar surface area (TPSA) is 35.5 Å². The van der Waals surface area contributed by atoms with E-state index in [1.807, 2.05) is 37.4 Å². The van der Waals surface area contributed by atoms with Crippen molar-refractivity contribution in [3.63, 3.8) is 0 Å². The van der Waals surface area contributed by atoms with Gasteiger partial charge >= 0.3 is 5.97 Å². The maximum absolute atomic E-state index is 11.8. The predicted molar refractivity (Wildman–Crippen MR) is 74.2 cm³/mol. The van der Waals surface area contributed by atoms with Gasteiger partial charge in [-0.3, -0.25) is 0 Å². The molecule has 1 rings (SSSR count). The minimum Gasteiger partial charge on any atom is -0.478 e. The van der Waals surface area contributed by atoms with Crippen molar-refractivity contribution in [2.24, 2.45) is 0 Å². The van der Waals surface area contributed by atoms with Crippen LogP contribution in [0.5, 0.6) is 5.75 Å². The Morgan fingerprint density at radius 2 is 2.06 bits per heavy atom. The van der Waals surface area contributed by atoms with Crippen LogP contribution in [0.4, 0.5) is 0 Å². The van der Waals surface area contributed by atoms with Gasteiger partial charge in [0.1, 0.15) is 5.75 Å². The number of carbonyl (C=O) groups is 1. The van der Waals surface area contributed by atoms with E-state index in [-0.39, 0.29) is 5.97 Å². The first-order valence-corrected chi connectivity index (χ1v) is 7.41. The van der Waals surface area contributed by atoms with E-state index in [1.165, 1.54) is 0 Å². The van der Waals surface area contributed by atoms with Gasteiger partial charge in [-0.25, -0.2) is 4.79 Å². The predicted octanol–water partition coefficient (Wildman–Crippen LogP) is 3.52. The lowest BCUT2D eigenvalue weighted by Gasteiger charge is -2.18. The highest BCUT2D eigenvalue weighted by molar-refractivity contribution is 7.98. The first kappa shape index (κ1) is 14.9. The van der Waals surface area contributed by atoms with Crippen LogP contribution in [0.25, 0.3) is 0 Å². The molecule has 0 aliphatic heterocycles. The summed E-state index contributed by atoms with van der Waals surface area (Å²) in [5.41, 5.74) is 0. The average molecular weight is 268 g/mol. The summed E-state index contributed by atoms with van der Waals surface area (Å²) in [5.74, 6) is 0.465. The maximum atomic E-state index is 11.8. The molecule has 0 spiro atoms. The number of carbonyl (C=O) groups excluding carboxylic acids is 1. The zero-order valence-electron chi connectivity index (χ0n) is 11.1. The van der Waals surface area contributed by atoms with Crippen LogP contribution in [-0.2, 0) is 9.53 Å². The third-order valence-corrected chi connectivity index (χ3v) is 3.22. The van der Waals surface area contributed by atoms with Gasteiger partial charge in [0.25, 0.3) is 0 Å². The van der Waals surface area contributed by atoms with E-state index < -0.39 is 6.10 Å². The van der Waals surface area contributed by atoms with E-state index in [2.05, 4.69) is 0 Å². The van der Waals surface area contributed by atoms with Crippen molar-refractivity contribution in [1.29, 1.82) is 0 Å². The molecule has 3 nitrogen and oxygen atoms in total. The third-order valence-electron chi connectivity index (χ3n) is 2.44. The maximum Gasteiger partial charge on any atom is 0.347 e. The third kappa shape index (κ3) is 4.26. The number of esters is 1. The van der Waals surface area contributed by atoms with Gasteiger partial charge in [0.2, 0.25) is 0 Å². The Morgan fingerprint density at radius 1 is 1.33 bits per heavy atom. The van der Waals surface area contributed by atoms with E-state index in [4.69, 9.17) is 9.47 Å². The van der Waals surface area contributed by atoms with E-state index >= 15 is 0 Å². The number of hydrogen-bond acceptors (Lipinski definition) is 4. The lowest BCUT2D eigenvalue weighted by atomic mass is 10.2. The molecule has 0 amide bonds. The summed E-state index contributed by atoms with van der Waals surface area (Å²) < 4.78 is 10.8. The fourth-order valence-corrected chi connectivity index (χ4v) is 2.12. The van der Waals surface area contributed by atoms with Crippen molar-refractivity contribution < 1.29 is 14.3 Å². The van der Waals surface area contributed by atoms with E-state index in [0.717, 1.165) is 17.1 Å². The van der Waals surface area contributed by atoms with Crippen LogP contribution in [0.15, 0.2) is 29.2 Å². The summed E-state index contributed by atoms with van der Waals surface area (Å²) >= 11 is 1.60. The quantitative estimate of drug-likeness (QED) is 0.560. The molecular weight excluding hydrogens is 248 g/mol. The zero-order chi connectivity index (χ0) is 13.4. The summed E-state index contributed by atoms with van der Waals surface area (Å²) in [6, 6.07) is 7.73. The van der Waals surface area contributed by atoms with Gasteiger partial charge < -0.3 is 9.47 Å². The van der Waals surface area contributed by atoms with Crippen molar-refractivity contribution in [1.82, 2.24) is 0 Å². The lowest BCUT2D eigenvalue weighted by molar-refractivity contribution is -0.151. The van der Waals surface area contributed by atoms with E-state index in [1.54, 1.807) is 18.7 Å². The summed E-state index contributed by atoms with van der Waals surface area (Å²) in [4.78, 5) is 12.8. The molecule has 0 aromatic heterocycles. The van der Waals surface area contributed by atoms with Crippen molar-refractivity contribution in [3.8, 4) is 5.75 Å². The Bertz CT molecular complexity index is 379. The Balaban J connectivity index is 2.79. The van der Waals surface area contributed by atoms with Crippen LogP contribution in [0.1, 0.15) is 26.7 Å². The smallest absolute Gasteiger partial charge is 0.347 e. The zero-order valence-corrected chi connectivity index (χ0v) is 12.0. The number of ether oxygens (including phenoxy) is 2. The number of thioether (sulfide) groups is 1. The molecular formula is C14H20O3S. The van der Waals surface area contributed by atoms with E-state index in [9.17, 15) is 4.79 Å². The molecule has 0 saturated heterocycles. The van der Waals surface area contributed by atoms with Crippen LogP contribution >= 0.6 is 11.8 Å². The average Bonchev–Trinajstić information content (AvgIpc) is 2.39. The number of rotatable bonds is 7. The normalized spacial score (nSPS) is 11.9. The highest BCUT2D eigenvalue weighted by Crippen LogP contribution is 2.28. The first-order chi connectivity index (χ1) is 8.72. The SMILES string of the molecule is CCCC(Oc1ccccc1SC)C(=O)OCC. The van der Waals surface area contributed by atoms with Gasteiger partial charge in [0.05, 0.1) is 6.61 Å². The summed E-state index contributed by atoms with van der Waals surface area (Å²) in [6.45, 7) is 4.21. The van der Waals surface area contributed by atoms with Crippen LogP contribution < -0.4 is 4.74 Å². The molecule has 0 aliphatic rings. The number of para-hydroxylation sites is 1. The second kappa shape index (κ2) is 8.03. The van der Waals surface area contributed by atoms with Gasteiger partial charge in [0, 0.05) is 4.90 Å². The van der Waals surface area contributed by atoms with Gasteiger partial charge in [-0.2, -0.15) is 0 Å². The highest BCUT2D eigenvalue weighted by atomic mass is 32.2. The number of benzene rings is 1. The molecule has 0 aliphatic carbocycles. The minimum absolute atomic E-state index is 0.282. The summed E-state index contributed by atoms with van der Waals surface area (Å²) in [5, 5.41) is 0. The van der Waals surface area contributed by atoms with Gasteiger partial charge in [-0.15, -0.1) is 11.8 Å². The van der Waals surface area contributed by atoms with E-state index in [0.29, 0.717) is 13.0 Å². The highest BCUT2D eigenvalue weighted by Gasteiger charge is 2.21.